The second-order valence-corrected chi connectivity index (χ2v) is 13.2. The Balaban J connectivity index is 1.52. The highest BCUT2D eigenvalue weighted by molar-refractivity contribution is 9.11. The van der Waals surface area contributed by atoms with Crippen LogP contribution in [-0.2, 0) is 16.1 Å². The van der Waals surface area contributed by atoms with Gasteiger partial charge in [0.05, 0.1) is 31.4 Å². The van der Waals surface area contributed by atoms with E-state index in [1.165, 1.54) is 22.7 Å². The highest BCUT2D eigenvalue weighted by Gasteiger charge is 2.33. The number of thiophene rings is 1. The predicted octanol–water partition coefficient (Wildman–Crippen LogP) is 7.27. The molecule has 6 nitrogen and oxygen atoms in total. The van der Waals surface area contributed by atoms with Crippen LogP contribution in [0.25, 0.3) is 6.08 Å². The topological polar surface area (TPSA) is 69.9 Å². The molecule has 4 aromatic rings. The Kier molecular flexibility index (Phi) is 9.04. The van der Waals surface area contributed by atoms with E-state index in [-0.39, 0.29) is 18.8 Å². The van der Waals surface area contributed by atoms with Crippen molar-refractivity contribution in [2.45, 2.75) is 26.5 Å². The van der Waals surface area contributed by atoms with Gasteiger partial charge >= 0.3 is 5.97 Å². The third-order valence-electron chi connectivity index (χ3n) is 6.04. The molecule has 0 saturated heterocycles. The molecule has 1 aliphatic rings. The summed E-state index contributed by atoms with van der Waals surface area (Å²) >= 11 is 22.2. The van der Waals surface area contributed by atoms with E-state index in [1.807, 2.05) is 35.7 Å². The molecule has 0 aliphatic carbocycles. The molecular weight excluding hydrogens is 723 g/mol. The van der Waals surface area contributed by atoms with Crippen molar-refractivity contribution in [1.82, 2.24) is 4.57 Å². The molecule has 0 bridgehead atoms. The van der Waals surface area contributed by atoms with Crippen molar-refractivity contribution in [2.24, 2.45) is 4.99 Å². The molecule has 3 heterocycles. The third kappa shape index (κ3) is 5.89. The van der Waals surface area contributed by atoms with Crippen molar-refractivity contribution in [1.29, 1.82) is 0 Å². The molecule has 0 spiro atoms. The number of hydrogen-bond acceptors (Lipinski definition) is 7. The zero-order valence-corrected chi connectivity index (χ0v) is 27.4. The minimum absolute atomic E-state index is 0.230. The van der Waals surface area contributed by atoms with E-state index in [1.54, 1.807) is 36.6 Å². The Morgan fingerprint density at radius 2 is 1.93 bits per heavy atom. The minimum atomic E-state index is -0.605. The smallest absolute Gasteiger partial charge is 0.338 e. The number of aromatic nitrogens is 1. The number of fused-ring (bicyclic) bond motifs is 1. The van der Waals surface area contributed by atoms with Gasteiger partial charge in [-0.2, -0.15) is 0 Å². The fourth-order valence-electron chi connectivity index (χ4n) is 4.25. The first-order valence-electron chi connectivity index (χ1n) is 12.0. The van der Waals surface area contributed by atoms with Gasteiger partial charge in [0.2, 0.25) is 0 Å². The van der Waals surface area contributed by atoms with Gasteiger partial charge in [0.25, 0.3) is 5.56 Å². The lowest BCUT2D eigenvalue weighted by molar-refractivity contribution is -0.139. The average Bonchev–Trinajstić information content (AvgIpc) is 3.52. The van der Waals surface area contributed by atoms with Crippen molar-refractivity contribution in [3.8, 4) is 5.75 Å². The van der Waals surface area contributed by atoms with Gasteiger partial charge in [0.15, 0.2) is 4.80 Å². The number of esters is 1. The van der Waals surface area contributed by atoms with Crippen LogP contribution in [0.5, 0.6) is 5.75 Å². The molecule has 0 saturated carbocycles. The van der Waals surface area contributed by atoms with Gasteiger partial charge in [-0.25, -0.2) is 9.79 Å². The number of halogens is 4. The average molecular weight is 743 g/mol. The Hall–Kier alpha value is -2.21. The predicted molar refractivity (Wildman–Crippen MR) is 167 cm³/mol. The quantitative estimate of drug-likeness (QED) is 0.187. The van der Waals surface area contributed by atoms with Crippen LogP contribution >= 0.6 is 77.7 Å². The largest absolute Gasteiger partial charge is 0.486 e. The monoisotopic (exact) mass is 740 g/mol. The number of nitrogens with zero attached hydrogens (tertiary/aromatic N) is 2. The fourth-order valence-corrected chi connectivity index (χ4v) is 8.03. The van der Waals surface area contributed by atoms with E-state index in [0.29, 0.717) is 45.3 Å². The summed E-state index contributed by atoms with van der Waals surface area (Å²) in [6.07, 6.45) is 1.80. The molecule has 0 N–H and O–H groups in total. The van der Waals surface area contributed by atoms with Crippen LogP contribution in [0.1, 0.15) is 35.9 Å². The Morgan fingerprint density at radius 1 is 1.18 bits per heavy atom. The number of carbonyl (C=O) groups is 1. The zero-order valence-electron chi connectivity index (χ0n) is 21.0. The molecule has 0 fully saturated rings. The van der Waals surface area contributed by atoms with Crippen LogP contribution in [0.3, 0.4) is 0 Å². The Morgan fingerprint density at radius 3 is 2.58 bits per heavy atom. The third-order valence-corrected chi connectivity index (χ3v) is 9.71. The molecule has 206 valence electrons. The number of carbonyl (C=O) groups excluding carboxylic acids is 1. The normalized spacial score (nSPS) is 15.2. The van der Waals surface area contributed by atoms with Gasteiger partial charge in [0, 0.05) is 20.5 Å². The van der Waals surface area contributed by atoms with Gasteiger partial charge < -0.3 is 9.47 Å². The summed E-state index contributed by atoms with van der Waals surface area (Å²) < 4.78 is 14.8. The summed E-state index contributed by atoms with van der Waals surface area (Å²) in [7, 11) is 0. The van der Waals surface area contributed by atoms with Crippen LogP contribution < -0.4 is 19.6 Å². The molecule has 5 rings (SSSR count). The summed E-state index contributed by atoms with van der Waals surface area (Å²) in [5.74, 6) is 0.122. The van der Waals surface area contributed by atoms with Crippen molar-refractivity contribution in [3.63, 3.8) is 0 Å². The zero-order chi connectivity index (χ0) is 28.6. The highest BCUT2D eigenvalue weighted by atomic mass is 79.9. The number of benzene rings is 2. The lowest BCUT2D eigenvalue weighted by Crippen LogP contribution is -2.39. The summed E-state index contributed by atoms with van der Waals surface area (Å²) in [4.78, 5) is 32.7. The van der Waals surface area contributed by atoms with E-state index >= 15 is 0 Å². The van der Waals surface area contributed by atoms with Crippen LogP contribution in [0.2, 0.25) is 10.0 Å². The molecule has 2 aromatic heterocycles. The van der Waals surface area contributed by atoms with Crippen LogP contribution in [-0.4, -0.2) is 17.1 Å². The molecule has 2 aromatic carbocycles. The van der Waals surface area contributed by atoms with Gasteiger partial charge in [-0.05, 0) is 93.1 Å². The van der Waals surface area contributed by atoms with E-state index in [2.05, 4.69) is 36.9 Å². The SMILES string of the molecule is CCOC(=O)C1=C(C)N=c2s/c(=C\c3cc(Br)c(OCc4ccc(Cl)cc4Cl)c(Br)c3)c(=O)n2[C@H]1c1cccs1. The molecule has 0 radical (unpaired) electrons. The van der Waals surface area contributed by atoms with Gasteiger partial charge in [-0.1, -0.05) is 46.7 Å². The van der Waals surface area contributed by atoms with Gasteiger partial charge in [0.1, 0.15) is 18.4 Å². The number of ether oxygens (including phenoxy) is 2. The maximum absolute atomic E-state index is 13.8. The van der Waals surface area contributed by atoms with E-state index in [4.69, 9.17) is 32.7 Å². The number of rotatable bonds is 7. The number of thiazole rings is 1. The molecule has 40 heavy (non-hydrogen) atoms. The molecule has 0 unspecified atom stereocenters. The molecule has 1 aliphatic heterocycles. The number of allylic oxidation sites excluding steroid dienone is 1. The molecule has 0 amide bonds. The fraction of sp³-hybridized carbons (Fsp3) is 0.179. The Bertz CT molecular complexity index is 1810. The molecule has 12 heteroatoms. The van der Waals surface area contributed by atoms with Crippen molar-refractivity contribution >= 4 is 89.8 Å². The van der Waals surface area contributed by atoms with Gasteiger partial charge in [-0.15, -0.1) is 11.3 Å². The summed E-state index contributed by atoms with van der Waals surface area (Å²) in [5.41, 5.74) is 2.25. The standard InChI is InChI=1S/C28H20Br2Cl2N2O4S2/c1-3-37-27(36)23-14(2)33-28-34(24(23)21-5-4-8-39-21)26(35)22(40-28)11-15-9-18(29)25(19(30)10-15)38-13-16-6-7-17(31)12-20(16)32/h4-12,24H,3,13H2,1-2H3/b22-11-/t24-/m0/s1. The summed E-state index contributed by atoms with van der Waals surface area (Å²) in [5, 5.41) is 3.00. The first-order chi connectivity index (χ1) is 19.2. The minimum Gasteiger partial charge on any atom is -0.486 e. The lowest BCUT2D eigenvalue weighted by atomic mass is 10.0. The van der Waals surface area contributed by atoms with E-state index in [9.17, 15) is 9.59 Å². The molecular formula is C28H20Br2Cl2N2O4S2. The van der Waals surface area contributed by atoms with Crippen LogP contribution in [0, 0.1) is 0 Å². The second-order valence-electron chi connectivity index (χ2n) is 8.66. The van der Waals surface area contributed by atoms with Crippen LogP contribution in [0.4, 0.5) is 0 Å². The van der Waals surface area contributed by atoms with Crippen molar-refractivity contribution in [3.05, 3.63) is 114 Å². The summed E-state index contributed by atoms with van der Waals surface area (Å²) in [6, 6.07) is 12.2. The van der Waals surface area contributed by atoms with Crippen LogP contribution in [0.15, 0.2) is 77.8 Å². The summed E-state index contributed by atoms with van der Waals surface area (Å²) in [6.45, 7) is 4.00. The maximum atomic E-state index is 13.8. The Labute approximate surface area is 264 Å². The maximum Gasteiger partial charge on any atom is 0.338 e. The highest BCUT2D eigenvalue weighted by Crippen LogP contribution is 2.36. The number of hydrogen-bond donors (Lipinski definition) is 0. The first-order valence-corrected chi connectivity index (χ1v) is 16.0. The van der Waals surface area contributed by atoms with Crippen molar-refractivity contribution < 1.29 is 14.3 Å². The van der Waals surface area contributed by atoms with E-state index in [0.717, 1.165) is 16.0 Å². The van der Waals surface area contributed by atoms with Crippen molar-refractivity contribution in [2.75, 3.05) is 6.61 Å². The van der Waals surface area contributed by atoms with Gasteiger partial charge in [-0.3, -0.25) is 9.36 Å². The molecule has 1 atom stereocenters. The van der Waals surface area contributed by atoms with E-state index < -0.39 is 12.0 Å². The first kappa shape index (κ1) is 29.3. The lowest BCUT2D eigenvalue weighted by Gasteiger charge is -2.23. The second kappa shape index (κ2) is 12.3.